The molecular formula is C29H25N3O5S. The zero-order chi connectivity index (χ0) is 27.1. The minimum atomic E-state index is -0.774. The number of hydrogen-bond acceptors (Lipinski definition) is 8. The third-order valence-electron chi connectivity index (χ3n) is 5.82. The van der Waals surface area contributed by atoms with Crippen molar-refractivity contribution in [1.29, 1.82) is 5.26 Å². The standard InChI is InChI=1S/C29H25N3O5S/c1-3-36-29(35)20-11-13-21(14-12-20)32-27(34)25-18(2)31-28(22(16-30)26(25)24-10-7-15-37-24)38-17-23(33)19-8-5-4-6-9-19/h4-15,26,31H,3,17H2,1-2H3,(H,32,34)/t26-/m1/s1. The molecule has 0 spiro atoms. The van der Waals surface area contributed by atoms with Gasteiger partial charge >= 0.3 is 5.97 Å². The van der Waals surface area contributed by atoms with Crippen molar-refractivity contribution in [2.45, 2.75) is 19.8 Å². The monoisotopic (exact) mass is 527 g/mol. The number of carbonyl (C=O) groups is 3. The number of allylic oxidation sites excluding steroid dienone is 2. The molecule has 2 N–H and O–H groups in total. The molecule has 1 aromatic heterocycles. The van der Waals surface area contributed by atoms with Crippen molar-refractivity contribution < 1.29 is 23.5 Å². The number of nitrogens with zero attached hydrogens (tertiary/aromatic N) is 1. The highest BCUT2D eigenvalue weighted by Gasteiger charge is 2.36. The van der Waals surface area contributed by atoms with Crippen LogP contribution >= 0.6 is 11.8 Å². The first-order valence-corrected chi connectivity index (χ1v) is 12.9. The number of thioether (sulfide) groups is 1. The number of esters is 1. The fraction of sp³-hybridized carbons (Fsp3) is 0.172. The number of benzene rings is 2. The number of rotatable bonds is 9. The van der Waals surface area contributed by atoms with Crippen molar-refractivity contribution in [1.82, 2.24) is 5.32 Å². The minimum absolute atomic E-state index is 0.0758. The van der Waals surface area contributed by atoms with Crippen LogP contribution in [0.1, 0.15) is 46.2 Å². The van der Waals surface area contributed by atoms with E-state index in [1.165, 1.54) is 18.0 Å². The van der Waals surface area contributed by atoms with Gasteiger partial charge < -0.3 is 19.8 Å². The summed E-state index contributed by atoms with van der Waals surface area (Å²) in [5, 5.41) is 16.6. The van der Waals surface area contributed by atoms with Gasteiger partial charge in [-0.05, 0) is 50.2 Å². The fourth-order valence-electron chi connectivity index (χ4n) is 4.02. The lowest BCUT2D eigenvalue weighted by molar-refractivity contribution is -0.113. The van der Waals surface area contributed by atoms with Gasteiger partial charge in [-0.2, -0.15) is 5.26 Å². The van der Waals surface area contributed by atoms with E-state index in [1.807, 2.05) is 6.07 Å². The molecule has 0 aliphatic carbocycles. The third kappa shape index (κ3) is 5.88. The van der Waals surface area contributed by atoms with Crippen LogP contribution in [0.15, 0.2) is 99.3 Å². The third-order valence-corrected chi connectivity index (χ3v) is 6.83. The summed E-state index contributed by atoms with van der Waals surface area (Å²) < 4.78 is 10.6. The van der Waals surface area contributed by atoms with E-state index < -0.39 is 17.8 Å². The van der Waals surface area contributed by atoms with Crippen LogP contribution in [0, 0.1) is 11.3 Å². The number of Topliss-reactive ketones (excluding diaryl/α,β-unsaturated/α-hetero) is 1. The van der Waals surface area contributed by atoms with E-state index in [0.717, 1.165) is 0 Å². The summed E-state index contributed by atoms with van der Waals surface area (Å²) in [5.41, 5.74) is 2.54. The highest BCUT2D eigenvalue weighted by Crippen LogP contribution is 2.41. The Morgan fingerprint density at radius 2 is 1.79 bits per heavy atom. The van der Waals surface area contributed by atoms with Crippen LogP contribution in [0.4, 0.5) is 5.69 Å². The maximum atomic E-state index is 13.5. The van der Waals surface area contributed by atoms with E-state index in [0.29, 0.717) is 38.9 Å². The predicted molar refractivity (Wildman–Crippen MR) is 144 cm³/mol. The van der Waals surface area contributed by atoms with Gasteiger partial charge in [0.05, 0.1) is 52.3 Å². The number of nitriles is 1. The van der Waals surface area contributed by atoms with Crippen molar-refractivity contribution in [3.63, 3.8) is 0 Å². The Hall–Kier alpha value is -4.55. The van der Waals surface area contributed by atoms with E-state index in [2.05, 4.69) is 16.7 Å². The van der Waals surface area contributed by atoms with Crippen molar-refractivity contribution in [2.75, 3.05) is 17.7 Å². The van der Waals surface area contributed by atoms with Crippen LogP contribution in [0.2, 0.25) is 0 Å². The van der Waals surface area contributed by atoms with Gasteiger partial charge in [0.1, 0.15) is 5.76 Å². The van der Waals surface area contributed by atoms with Crippen LogP contribution in [-0.4, -0.2) is 30.0 Å². The van der Waals surface area contributed by atoms with Gasteiger partial charge in [-0.15, -0.1) is 0 Å². The van der Waals surface area contributed by atoms with Crippen LogP contribution in [-0.2, 0) is 9.53 Å². The Kier molecular flexibility index (Phi) is 8.46. The Morgan fingerprint density at radius 3 is 2.42 bits per heavy atom. The number of hydrogen-bond donors (Lipinski definition) is 2. The second-order valence-corrected chi connectivity index (χ2v) is 9.28. The SMILES string of the molecule is CCOC(=O)c1ccc(NC(=O)C2=C(C)NC(SCC(=O)c3ccccc3)=C(C#N)[C@@H]2c2ccco2)cc1. The Morgan fingerprint density at radius 1 is 1.05 bits per heavy atom. The van der Waals surface area contributed by atoms with E-state index in [1.54, 1.807) is 74.5 Å². The number of amides is 1. The molecule has 0 unspecified atom stereocenters. The smallest absolute Gasteiger partial charge is 0.338 e. The molecule has 38 heavy (non-hydrogen) atoms. The van der Waals surface area contributed by atoms with E-state index in [4.69, 9.17) is 9.15 Å². The van der Waals surface area contributed by atoms with Crippen LogP contribution in [0.3, 0.4) is 0 Å². The first-order valence-electron chi connectivity index (χ1n) is 11.9. The quantitative estimate of drug-likeness (QED) is 0.280. The highest BCUT2D eigenvalue weighted by molar-refractivity contribution is 8.03. The van der Waals surface area contributed by atoms with E-state index >= 15 is 0 Å². The molecule has 9 heteroatoms. The maximum Gasteiger partial charge on any atom is 0.338 e. The molecule has 0 saturated heterocycles. The lowest BCUT2D eigenvalue weighted by atomic mass is 9.85. The van der Waals surface area contributed by atoms with Gasteiger partial charge in [0.2, 0.25) is 0 Å². The molecule has 1 aliphatic rings. The lowest BCUT2D eigenvalue weighted by Gasteiger charge is -2.28. The molecular weight excluding hydrogens is 502 g/mol. The second-order valence-electron chi connectivity index (χ2n) is 8.30. The van der Waals surface area contributed by atoms with Crippen molar-refractivity contribution >= 4 is 35.1 Å². The Bertz CT molecular complexity index is 1440. The average Bonchev–Trinajstić information content (AvgIpc) is 3.47. The summed E-state index contributed by atoms with van der Waals surface area (Å²) in [4.78, 5) is 38.1. The van der Waals surface area contributed by atoms with Gasteiger partial charge in [-0.3, -0.25) is 9.59 Å². The van der Waals surface area contributed by atoms with Crippen LogP contribution in [0.5, 0.6) is 0 Å². The number of ketones is 1. The molecule has 0 saturated carbocycles. The molecule has 3 aromatic rings. The molecule has 0 fully saturated rings. The van der Waals surface area contributed by atoms with E-state index in [9.17, 15) is 19.6 Å². The summed E-state index contributed by atoms with van der Waals surface area (Å²) in [6.45, 7) is 3.73. The Balaban J connectivity index is 1.59. The zero-order valence-electron chi connectivity index (χ0n) is 20.8. The van der Waals surface area contributed by atoms with Gasteiger partial charge in [0, 0.05) is 16.9 Å². The summed E-state index contributed by atoms with van der Waals surface area (Å²) >= 11 is 1.21. The first-order chi connectivity index (χ1) is 18.4. The van der Waals surface area contributed by atoms with Crippen LogP contribution in [0.25, 0.3) is 0 Å². The van der Waals surface area contributed by atoms with Crippen molar-refractivity contribution in [3.05, 3.63) is 112 Å². The number of ether oxygens (including phenoxy) is 1. The summed E-state index contributed by atoms with van der Waals surface area (Å²) in [5.74, 6) is -1.19. The molecule has 192 valence electrons. The van der Waals surface area contributed by atoms with Gasteiger partial charge in [-0.1, -0.05) is 42.1 Å². The fourth-order valence-corrected chi connectivity index (χ4v) is 5.00. The minimum Gasteiger partial charge on any atom is -0.468 e. The molecule has 1 aliphatic heterocycles. The van der Waals surface area contributed by atoms with Crippen LogP contribution < -0.4 is 10.6 Å². The molecule has 0 radical (unpaired) electrons. The zero-order valence-corrected chi connectivity index (χ0v) is 21.6. The molecule has 1 atom stereocenters. The molecule has 4 rings (SSSR count). The topological polar surface area (TPSA) is 121 Å². The number of furan rings is 1. The maximum absolute atomic E-state index is 13.5. The largest absolute Gasteiger partial charge is 0.468 e. The summed E-state index contributed by atoms with van der Waals surface area (Å²) in [7, 11) is 0. The van der Waals surface area contributed by atoms with Gasteiger partial charge in [0.25, 0.3) is 5.91 Å². The van der Waals surface area contributed by atoms with Crippen molar-refractivity contribution in [3.8, 4) is 6.07 Å². The predicted octanol–water partition coefficient (Wildman–Crippen LogP) is 5.41. The molecule has 2 aromatic carbocycles. The Labute approximate surface area is 224 Å². The van der Waals surface area contributed by atoms with Gasteiger partial charge in [0.15, 0.2) is 5.78 Å². The van der Waals surface area contributed by atoms with E-state index in [-0.39, 0.29) is 23.7 Å². The second kappa shape index (κ2) is 12.1. The van der Waals surface area contributed by atoms with Gasteiger partial charge in [-0.25, -0.2) is 4.79 Å². The molecule has 8 nitrogen and oxygen atoms in total. The summed E-state index contributed by atoms with van der Waals surface area (Å²) in [6, 6.07) is 20.9. The number of dihydropyridines is 1. The number of nitrogens with one attached hydrogen (secondary N) is 2. The van der Waals surface area contributed by atoms with Crippen molar-refractivity contribution in [2.24, 2.45) is 0 Å². The number of carbonyl (C=O) groups excluding carboxylic acids is 3. The first kappa shape index (κ1) is 26.5. The molecule has 0 bridgehead atoms. The highest BCUT2D eigenvalue weighted by atomic mass is 32.2. The normalized spacial score (nSPS) is 14.9. The molecule has 1 amide bonds. The summed E-state index contributed by atoms with van der Waals surface area (Å²) in [6.07, 6.45) is 1.48. The average molecular weight is 528 g/mol. The number of anilines is 1. The lowest BCUT2D eigenvalue weighted by Crippen LogP contribution is -2.30. The molecule has 2 heterocycles.